The van der Waals surface area contributed by atoms with Crippen molar-refractivity contribution in [3.05, 3.63) is 40.7 Å². The maximum Gasteiger partial charge on any atom is 0.271 e. The summed E-state index contributed by atoms with van der Waals surface area (Å²) in [5.74, 6) is -0.192. The van der Waals surface area contributed by atoms with Gasteiger partial charge in [0.25, 0.3) is 11.8 Å². The SMILES string of the molecule is CNC(=O)c1c(NC(=O)COc2ccc(Cl)cc2)c(C)nn1C. The second kappa shape index (κ2) is 7.15. The molecule has 0 atom stereocenters. The molecular formula is C15H17ClN4O3. The molecule has 8 heteroatoms. The minimum atomic E-state index is -0.388. The third kappa shape index (κ3) is 4.01. The number of halogens is 1. The molecule has 2 N–H and O–H groups in total. The Morgan fingerprint density at radius 2 is 1.96 bits per heavy atom. The van der Waals surface area contributed by atoms with Crippen LogP contribution in [0.25, 0.3) is 0 Å². The molecule has 122 valence electrons. The Kier molecular flexibility index (Phi) is 5.23. The molecule has 1 aromatic carbocycles. The molecule has 0 aliphatic carbocycles. The van der Waals surface area contributed by atoms with Crippen molar-refractivity contribution in [1.82, 2.24) is 15.1 Å². The summed E-state index contributed by atoms with van der Waals surface area (Å²) in [6.07, 6.45) is 0. The first-order valence-corrected chi connectivity index (χ1v) is 7.24. The van der Waals surface area contributed by atoms with Gasteiger partial charge in [0.15, 0.2) is 6.61 Å². The van der Waals surface area contributed by atoms with Crippen LogP contribution in [0, 0.1) is 6.92 Å². The van der Waals surface area contributed by atoms with E-state index in [1.807, 2.05) is 0 Å². The molecule has 0 saturated heterocycles. The molecule has 2 rings (SSSR count). The van der Waals surface area contributed by atoms with Gasteiger partial charge in [0, 0.05) is 19.1 Å². The lowest BCUT2D eigenvalue weighted by molar-refractivity contribution is -0.118. The minimum absolute atomic E-state index is 0.191. The Labute approximate surface area is 138 Å². The summed E-state index contributed by atoms with van der Waals surface area (Å²) in [4.78, 5) is 23.9. The molecule has 0 saturated carbocycles. The van der Waals surface area contributed by atoms with Crippen molar-refractivity contribution in [1.29, 1.82) is 0 Å². The number of carbonyl (C=O) groups excluding carboxylic acids is 2. The van der Waals surface area contributed by atoms with Crippen LogP contribution in [0.15, 0.2) is 24.3 Å². The summed E-state index contributed by atoms with van der Waals surface area (Å²) in [5.41, 5.74) is 1.20. The van der Waals surface area contributed by atoms with E-state index in [4.69, 9.17) is 16.3 Å². The van der Waals surface area contributed by atoms with Gasteiger partial charge in [0.05, 0.1) is 11.4 Å². The van der Waals surface area contributed by atoms with Crippen LogP contribution in [-0.4, -0.2) is 35.2 Å². The fourth-order valence-electron chi connectivity index (χ4n) is 2.04. The highest BCUT2D eigenvalue weighted by molar-refractivity contribution is 6.30. The molecule has 1 heterocycles. The molecule has 0 radical (unpaired) electrons. The smallest absolute Gasteiger partial charge is 0.271 e. The summed E-state index contributed by atoms with van der Waals surface area (Å²) >= 11 is 5.78. The molecule has 0 bridgehead atoms. The molecular weight excluding hydrogens is 320 g/mol. The van der Waals surface area contributed by atoms with Gasteiger partial charge in [-0.05, 0) is 31.2 Å². The number of hydrogen-bond donors (Lipinski definition) is 2. The van der Waals surface area contributed by atoms with Crippen LogP contribution in [-0.2, 0) is 11.8 Å². The third-order valence-electron chi connectivity index (χ3n) is 3.11. The molecule has 1 aromatic heterocycles. The van der Waals surface area contributed by atoms with E-state index in [9.17, 15) is 9.59 Å². The predicted octanol–water partition coefficient (Wildman–Crippen LogP) is 1.76. The number of nitrogens with one attached hydrogen (secondary N) is 2. The van der Waals surface area contributed by atoms with Crippen LogP contribution >= 0.6 is 11.6 Å². The molecule has 2 amide bonds. The van der Waals surface area contributed by atoms with Gasteiger partial charge >= 0.3 is 0 Å². The lowest BCUT2D eigenvalue weighted by Gasteiger charge is -2.09. The second-order valence-electron chi connectivity index (χ2n) is 4.80. The normalized spacial score (nSPS) is 10.3. The van der Waals surface area contributed by atoms with Gasteiger partial charge in [0.1, 0.15) is 11.4 Å². The van der Waals surface area contributed by atoms with E-state index < -0.39 is 0 Å². The minimum Gasteiger partial charge on any atom is -0.484 e. The number of anilines is 1. The van der Waals surface area contributed by atoms with E-state index >= 15 is 0 Å². The number of rotatable bonds is 5. The zero-order valence-electron chi connectivity index (χ0n) is 13.0. The predicted molar refractivity (Wildman–Crippen MR) is 86.9 cm³/mol. The zero-order valence-corrected chi connectivity index (χ0v) is 13.8. The summed E-state index contributed by atoms with van der Waals surface area (Å²) in [5, 5.41) is 9.91. The molecule has 0 unspecified atom stereocenters. The summed E-state index contributed by atoms with van der Waals surface area (Å²) in [6.45, 7) is 1.52. The van der Waals surface area contributed by atoms with Crippen molar-refractivity contribution < 1.29 is 14.3 Å². The number of nitrogens with zero attached hydrogens (tertiary/aromatic N) is 2. The van der Waals surface area contributed by atoms with Crippen molar-refractivity contribution >= 4 is 29.1 Å². The van der Waals surface area contributed by atoms with Crippen LogP contribution in [0.2, 0.25) is 5.02 Å². The van der Waals surface area contributed by atoms with E-state index in [1.165, 1.54) is 11.7 Å². The summed E-state index contributed by atoms with van der Waals surface area (Å²) in [6, 6.07) is 6.68. The first-order valence-electron chi connectivity index (χ1n) is 6.86. The van der Waals surface area contributed by atoms with Crippen molar-refractivity contribution in [2.75, 3.05) is 19.0 Å². The van der Waals surface area contributed by atoms with Gasteiger partial charge in [-0.3, -0.25) is 14.3 Å². The number of hydrogen-bond acceptors (Lipinski definition) is 4. The van der Waals surface area contributed by atoms with E-state index in [0.29, 0.717) is 22.2 Å². The van der Waals surface area contributed by atoms with Gasteiger partial charge in [-0.2, -0.15) is 5.10 Å². The van der Waals surface area contributed by atoms with Crippen LogP contribution in [0.3, 0.4) is 0 Å². The van der Waals surface area contributed by atoms with Gasteiger partial charge < -0.3 is 15.4 Å². The van der Waals surface area contributed by atoms with Crippen molar-refractivity contribution in [3.63, 3.8) is 0 Å². The first-order chi connectivity index (χ1) is 10.9. The topological polar surface area (TPSA) is 85.2 Å². The van der Waals surface area contributed by atoms with Crippen LogP contribution in [0.1, 0.15) is 16.2 Å². The Morgan fingerprint density at radius 1 is 1.30 bits per heavy atom. The molecule has 0 aliphatic heterocycles. The molecule has 0 spiro atoms. The number of aromatic nitrogens is 2. The monoisotopic (exact) mass is 336 g/mol. The second-order valence-corrected chi connectivity index (χ2v) is 5.24. The Hall–Kier alpha value is -2.54. The largest absolute Gasteiger partial charge is 0.484 e. The number of amides is 2. The third-order valence-corrected chi connectivity index (χ3v) is 3.36. The summed E-state index contributed by atoms with van der Waals surface area (Å²) in [7, 11) is 3.15. The van der Waals surface area contributed by atoms with Gasteiger partial charge in [-0.15, -0.1) is 0 Å². The van der Waals surface area contributed by atoms with Crippen LogP contribution in [0.5, 0.6) is 5.75 Å². The zero-order chi connectivity index (χ0) is 17.0. The number of carbonyl (C=O) groups is 2. The van der Waals surface area contributed by atoms with Crippen molar-refractivity contribution in [2.45, 2.75) is 6.92 Å². The molecule has 2 aromatic rings. The highest BCUT2D eigenvalue weighted by atomic mass is 35.5. The van der Waals surface area contributed by atoms with E-state index in [2.05, 4.69) is 15.7 Å². The quantitative estimate of drug-likeness (QED) is 0.871. The fourth-order valence-corrected chi connectivity index (χ4v) is 2.17. The summed E-state index contributed by atoms with van der Waals surface area (Å²) < 4.78 is 6.79. The molecule has 0 fully saturated rings. The van der Waals surface area contributed by atoms with Gasteiger partial charge in [0.2, 0.25) is 0 Å². The Bertz CT molecular complexity index is 725. The van der Waals surface area contributed by atoms with Crippen molar-refractivity contribution in [3.8, 4) is 5.75 Å². The average molecular weight is 337 g/mol. The first kappa shape index (κ1) is 16.8. The van der Waals surface area contributed by atoms with Crippen molar-refractivity contribution in [2.24, 2.45) is 7.05 Å². The number of aryl methyl sites for hydroxylation is 2. The van der Waals surface area contributed by atoms with E-state index in [-0.39, 0.29) is 24.1 Å². The lowest BCUT2D eigenvalue weighted by atomic mass is 10.2. The number of ether oxygens (including phenoxy) is 1. The standard InChI is InChI=1S/C15H17ClN4O3/c1-9-13(14(15(22)17-2)20(3)19-9)18-12(21)8-23-11-6-4-10(16)5-7-11/h4-7H,8H2,1-3H3,(H,17,22)(H,18,21). The molecule has 23 heavy (non-hydrogen) atoms. The van der Waals surface area contributed by atoms with E-state index in [1.54, 1.807) is 38.2 Å². The van der Waals surface area contributed by atoms with Crippen LogP contribution < -0.4 is 15.4 Å². The Balaban J connectivity index is 2.05. The number of benzene rings is 1. The lowest BCUT2D eigenvalue weighted by Crippen LogP contribution is -2.25. The van der Waals surface area contributed by atoms with Gasteiger partial charge in [-0.1, -0.05) is 11.6 Å². The fraction of sp³-hybridized carbons (Fsp3) is 0.267. The molecule has 0 aliphatic rings. The van der Waals surface area contributed by atoms with Gasteiger partial charge in [-0.25, -0.2) is 0 Å². The van der Waals surface area contributed by atoms with E-state index in [0.717, 1.165) is 0 Å². The maximum absolute atomic E-state index is 12.0. The highest BCUT2D eigenvalue weighted by Gasteiger charge is 2.21. The molecule has 7 nitrogen and oxygen atoms in total. The van der Waals surface area contributed by atoms with Crippen LogP contribution in [0.4, 0.5) is 5.69 Å². The Morgan fingerprint density at radius 3 is 2.57 bits per heavy atom. The highest BCUT2D eigenvalue weighted by Crippen LogP contribution is 2.20. The maximum atomic E-state index is 12.0. The average Bonchev–Trinajstić information content (AvgIpc) is 2.80.